The Morgan fingerprint density at radius 3 is 2.22 bits per heavy atom. The lowest BCUT2D eigenvalue weighted by molar-refractivity contribution is -0.137. The van der Waals surface area contributed by atoms with Crippen LogP contribution in [0, 0.1) is 5.92 Å². The minimum absolute atomic E-state index is 0.117. The highest BCUT2D eigenvalue weighted by molar-refractivity contribution is 5.91. The van der Waals surface area contributed by atoms with Crippen LogP contribution in [0.4, 0.5) is 30.5 Å². The van der Waals surface area contributed by atoms with Gasteiger partial charge in [0.1, 0.15) is 0 Å². The van der Waals surface area contributed by atoms with Gasteiger partial charge in [0.05, 0.1) is 11.3 Å². The third kappa shape index (κ3) is 4.41. The SMILES string of the molecule is CC(C)C(=O)Nc1ccc(Nc2ccccc2C(F)(F)F)nn1. The summed E-state index contributed by atoms with van der Waals surface area (Å²) in [6.07, 6.45) is -4.47. The number of carbonyl (C=O) groups is 1. The van der Waals surface area contributed by atoms with E-state index in [1.165, 1.54) is 30.3 Å². The van der Waals surface area contributed by atoms with Crippen LogP contribution in [0.15, 0.2) is 36.4 Å². The second-order valence-electron chi connectivity index (χ2n) is 5.12. The zero-order chi connectivity index (χ0) is 17.0. The molecule has 5 nitrogen and oxygen atoms in total. The van der Waals surface area contributed by atoms with Crippen LogP contribution in [-0.2, 0) is 11.0 Å². The maximum absolute atomic E-state index is 12.9. The molecule has 23 heavy (non-hydrogen) atoms. The number of halogens is 3. The van der Waals surface area contributed by atoms with Crippen molar-refractivity contribution in [2.75, 3.05) is 10.6 Å². The van der Waals surface area contributed by atoms with Crippen LogP contribution in [0.3, 0.4) is 0 Å². The molecule has 2 rings (SSSR count). The van der Waals surface area contributed by atoms with E-state index in [9.17, 15) is 18.0 Å². The van der Waals surface area contributed by atoms with Gasteiger partial charge in [-0.3, -0.25) is 4.79 Å². The monoisotopic (exact) mass is 324 g/mol. The highest BCUT2D eigenvalue weighted by Gasteiger charge is 2.33. The summed E-state index contributed by atoms with van der Waals surface area (Å²) in [5.74, 6) is -0.0571. The molecule has 1 heterocycles. The Bertz CT molecular complexity index is 684. The Morgan fingerprint density at radius 2 is 1.65 bits per heavy atom. The van der Waals surface area contributed by atoms with Gasteiger partial charge in [-0.05, 0) is 24.3 Å². The maximum Gasteiger partial charge on any atom is 0.418 e. The molecule has 0 saturated heterocycles. The van der Waals surface area contributed by atoms with E-state index in [0.29, 0.717) is 0 Å². The van der Waals surface area contributed by atoms with Crippen molar-refractivity contribution in [2.45, 2.75) is 20.0 Å². The van der Waals surface area contributed by atoms with Gasteiger partial charge in [0, 0.05) is 5.92 Å². The van der Waals surface area contributed by atoms with Gasteiger partial charge in [0.25, 0.3) is 0 Å². The number of benzene rings is 1. The zero-order valence-electron chi connectivity index (χ0n) is 12.5. The average Bonchev–Trinajstić information content (AvgIpc) is 2.48. The van der Waals surface area contributed by atoms with Gasteiger partial charge < -0.3 is 10.6 Å². The summed E-state index contributed by atoms with van der Waals surface area (Å²) >= 11 is 0. The fraction of sp³-hybridized carbons (Fsp3) is 0.267. The maximum atomic E-state index is 12.9. The molecular formula is C15H15F3N4O. The fourth-order valence-corrected chi connectivity index (χ4v) is 1.71. The number of nitrogens with zero attached hydrogens (tertiary/aromatic N) is 2. The Balaban J connectivity index is 2.15. The van der Waals surface area contributed by atoms with Crippen molar-refractivity contribution in [1.29, 1.82) is 0 Å². The molecular weight excluding hydrogens is 309 g/mol. The zero-order valence-corrected chi connectivity index (χ0v) is 12.5. The Kier molecular flexibility index (Phi) is 4.83. The van der Waals surface area contributed by atoms with E-state index >= 15 is 0 Å². The molecule has 0 fully saturated rings. The molecule has 0 aliphatic rings. The number of amides is 1. The second kappa shape index (κ2) is 6.64. The van der Waals surface area contributed by atoms with E-state index in [4.69, 9.17) is 0 Å². The van der Waals surface area contributed by atoms with Gasteiger partial charge in [-0.25, -0.2) is 0 Å². The first-order valence-corrected chi connectivity index (χ1v) is 6.85. The van der Waals surface area contributed by atoms with Crippen molar-refractivity contribution in [1.82, 2.24) is 10.2 Å². The molecule has 1 amide bonds. The largest absolute Gasteiger partial charge is 0.418 e. The van der Waals surface area contributed by atoms with Gasteiger partial charge in [0.2, 0.25) is 5.91 Å². The number of carbonyl (C=O) groups excluding carboxylic acids is 1. The summed E-state index contributed by atoms with van der Waals surface area (Å²) in [7, 11) is 0. The number of alkyl halides is 3. The van der Waals surface area contributed by atoms with Crippen molar-refractivity contribution in [3.8, 4) is 0 Å². The highest BCUT2D eigenvalue weighted by atomic mass is 19.4. The lowest BCUT2D eigenvalue weighted by Crippen LogP contribution is -2.18. The standard InChI is InChI=1S/C15H15F3N4O/c1-9(2)14(23)20-13-8-7-12(21-22-13)19-11-6-4-3-5-10(11)15(16,17)18/h3-9H,1-2H3,(H,19,21)(H,20,22,23). The molecule has 0 unspecified atom stereocenters. The number of aromatic nitrogens is 2. The van der Waals surface area contributed by atoms with Crippen LogP contribution in [0.5, 0.6) is 0 Å². The van der Waals surface area contributed by atoms with Crippen molar-refractivity contribution in [2.24, 2.45) is 5.92 Å². The molecule has 0 atom stereocenters. The number of hydrogen-bond acceptors (Lipinski definition) is 4. The first-order valence-electron chi connectivity index (χ1n) is 6.85. The van der Waals surface area contributed by atoms with Crippen LogP contribution >= 0.6 is 0 Å². The summed E-state index contributed by atoms with van der Waals surface area (Å²) in [6.45, 7) is 3.46. The molecule has 8 heteroatoms. The average molecular weight is 324 g/mol. The molecule has 0 aliphatic heterocycles. The fourth-order valence-electron chi connectivity index (χ4n) is 1.71. The van der Waals surface area contributed by atoms with Crippen molar-refractivity contribution >= 4 is 23.2 Å². The van der Waals surface area contributed by atoms with E-state index < -0.39 is 11.7 Å². The van der Waals surface area contributed by atoms with Crippen LogP contribution in [0.2, 0.25) is 0 Å². The molecule has 2 aromatic rings. The topological polar surface area (TPSA) is 66.9 Å². The predicted molar refractivity (Wildman–Crippen MR) is 80.2 cm³/mol. The van der Waals surface area contributed by atoms with E-state index in [1.807, 2.05) is 0 Å². The van der Waals surface area contributed by atoms with E-state index in [0.717, 1.165) is 6.07 Å². The molecule has 0 saturated carbocycles. The predicted octanol–water partition coefficient (Wildman–Crippen LogP) is 3.83. The van der Waals surface area contributed by atoms with Gasteiger partial charge >= 0.3 is 6.18 Å². The van der Waals surface area contributed by atoms with Gasteiger partial charge in [0.15, 0.2) is 11.6 Å². The summed E-state index contributed by atoms with van der Waals surface area (Å²) in [5, 5.41) is 12.7. The van der Waals surface area contributed by atoms with E-state index in [2.05, 4.69) is 20.8 Å². The molecule has 0 aliphatic carbocycles. The number of anilines is 3. The Hall–Kier alpha value is -2.64. The molecule has 1 aromatic carbocycles. The van der Waals surface area contributed by atoms with Gasteiger partial charge in [-0.1, -0.05) is 26.0 Å². The van der Waals surface area contributed by atoms with Crippen LogP contribution in [0.1, 0.15) is 19.4 Å². The summed E-state index contributed by atoms with van der Waals surface area (Å²) in [4.78, 5) is 11.5. The van der Waals surface area contributed by atoms with Gasteiger partial charge in [-0.2, -0.15) is 13.2 Å². The first kappa shape index (κ1) is 16.7. The molecule has 0 radical (unpaired) electrons. The smallest absolute Gasteiger partial charge is 0.338 e. The van der Waals surface area contributed by atoms with Crippen molar-refractivity contribution < 1.29 is 18.0 Å². The molecule has 1 aromatic heterocycles. The molecule has 0 bridgehead atoms. The molecule has 122 valence electrons. The summed E-state index contributed by atoms with van der Waals surface area (Å²) in [6, 6.07) is 7.99. The number of hydrogen-bond donors (Lipinski definition) is 2. The Morgan fingerprint density at radius 1 is 1.04 bits per heavy atom. The first-order chi connectivity index (χ1) is 10.8. The molecule has 2 N–H and O–H groups in total. The quantitative estimate of drug-likeness (QED) is 0.897. The van der Waals surface area contributed by atoms with Crippen LogP contribution in [0.25, 0.3) is 0 Å². The minimum Gasteiger partial charge on any atom is -0.338 e. The van der Waals surface area contributed by atoms with Crippen molar-refractivity contribution in [3.63, 3.8) is 0 Å². The summed E-state index contributed by atoms with van der Waals surface area (Å²) < 4.78 is 38.7. The van der Waals surface area contributed by atoms with Crippen LogP contribution in [-0.4, -0.2) is 16.1 Å². The highest BCUT2D eigenvalue weighted by Crippen LogP contribution is 2.35. The lowest BCUT2D eigenvalue weighted by Gasteiger charge is -2.13. The lowest BCUT2D eigenvalue weighted by atomic mass is 10.1. The number of para-hydroxylation sites is 1. The van der Waals surface area contributed by atoms with E-state index in [1.54, 1.807) is 13.8 Å². The van der Waals surface area contributed by atoms with Crippen LogP contribution < -0.4 is 10.6 Å². The third-order valence-electron chi connectivity index (χ3n) is 2.94. The molecule has 0 spiro atoms. The number of nitrogens with one attached hydrogen (secondary N) is 2. The van der Waals surface area contributed by atoms with Crippen molar-refractivity contribution in [3.05, 3.63) is 42.0 Å². The summed E-state index contributed by atoms with van der Waals surface area (Å²) in [5.41, 5.74) is -0.910. The number of rotatable bonds is 4. The normalized spacial score (nSPS) is 11.4. The van der Waals surface area contributed by atoms with Gasteiger partial charge in [-0.15, -0.1) is 10.2 Å². The second-order valence-corrected chi connectivity index (χ2v) is 5.12. The third-order valence-corrected chi connectivity index (χ3v) is 2.94. The Labute approximate surface area is 130 Å². The van der Waals surface area contributed by atoms with E-state index in [-0.39, 0.29) is 29.1 Å². The minimum atomic E-state index is -4.47.